The van der Waals surface area contributed by atoms with Crippen molar-refractivity contribution in [2.24, 2.45) is 5.73 Å². The maximum Gasteiger partial charge on any atom is 0.337 e. The lowest BCUT2D eigenvalue weighted by Gasteiger charge is -2.11. The van der Waals surface area contributed by atoms with Gasteiger partial charge in [-0.25, -0.2) is 13.2 Å². The second-order valence-electron chi connectivity index (χ2n) is 3.39. The molecule has 0 heterocycles. The van der Waals surface area contributed by atoms with E-state index in [4.69, 9.17) is 10.8 Å². The molecule has 0 aliphatic heterocycles. The van der Waals surface area contributed by atoms with E-state index < -0.39 is 31.9 Å². The van der Waals surface area contributed by atoms with E-state index in [9.17, 15) is 18.0 Å². The number of nitrogens with two attached hydrogens (primary N) is 1. The van der Waals surface area contributed by atoms with Crippen LogP contribution in [0.5, 0.6) is 0 Å². The zero-order valence-electron chi connectivity index (χ0n) is 8.95. The summed E-state index contributed by atoms with van der Waals surface area (Å²) in [5.41, 5.74) is 4.55. The van der Waals surface area contributed by atoms with E-state index in [0.717, 1.165) is 19.1 Å². The van der Waals surface area contributed by atoms with Gasteiger partial charge in [-0.3, -0.25) is 4.79 Å². The summed E-state index contributed by atoms with van der Waals surface area (Å²) < 4.78 is 23.9. The maximum absolute atomic E-state index is 11.9. The lowest BCUT2D eigenvalue weighted by atomic mass is 10.2. The molecular weight excluding hydrogens is 246 g/mol. The number of carbonyl (C=O) groups excluding carboxylic acids is 1. The Morgan fingerprint density at radius 2 is 1.82 bits per heavy atom. The number of rotatable bonds is 4. The molecule has 1 unspecified atom stereocenters. The van der Waals surface area contributed by atoms with Crippen molar-refractivity contribution in [2.75, 3.05) is 0 Å². The third kappa shape index (κ3) is 2.44. The van der Waals surface area contributed by atoms with Crippen molar-refractivity contribution >= 4 is 21.7 Å². The summed E-state index contributed by atoms with van der Waals surface area (Å²) >= 11 is 0. The number of carboxylic acid groups (broad SMARTS) is 1. The monoisotopic (exact) mass is 257 g/mol. The van der Waals surface area contributed by atoms with Crippen molar-refractivity contribution in [3.8, 4) is 0 Å². The summed E-state index contributed by atoms with van der Waals surface area (Å²) in [6.07, 6.45) is 0. The van der Waals surface area contributed by atoms with E-state index in [1.54, 1.807) is 0 Å². The second kappa shape index (κ2) is 4.54. The number of benzene rings is 1. The lowest BCUT2D eigenvalue weighted by Crippen LogP contribution is -2.34. The van der Waals surface area contributed by atoms with Crippen LogP contribution in [0.2, 0.25) is 0 Å². The average molecular weight is 257 g/mol. The predicted molar refractivity (Wildman–Crippen MR) is 59.2 cm³/mol. The summed E-state index contributed by atoms with van der Waals surface area (Å²) in [7, 11) is -4.07. The third-order valence-corrected chi connectivity index (χ3v) is 4.42. The first-order valence-corrected chi connectivity index (χ1v) is 6.18. The van der Waals surface area contributed by atoms with E-state index in [0.29, 0.717) is 0 Å². The number of primary amides is 1. The molecule has 1 atom stereocenters. The number of sulfone groups is 1. The lowest BCUT2D eigenvalue weighted by molar-refractivity contribution is -0.117. The molecule has 17 heavy (non-hydrogen) atoms. The summed E-state index contributed by atoms with van der Waals surface area (Å²) in [6, 6.07) is 5.08. The van der Waals surface area contributed by atoms with Gasteiger partial charge in [0.1, 0.15) is 5.25 Å². The van der Waals surface area contributed by atoms with Gasteiger partial charge in [-0.1, -0.05) is 12.1 Å². The first-order chi connectivity index (χ1) is 7.78. The van der Waals surface area contributed by atoms with Gasteiger partial charge >= 0.3 is 5.97 Å². The van der Waals surface area contributed by atoms with Crippen LogP contribution < -0.4 is 5.73 Å². The average Bonchev–Trinajstić information content (AvgIpc) is 2.27. The molecule has 1 amide bonds. The van der Waals surface area contributed by atoms with Gasteiger partial charge in [0.05, 0.1) is 10.5 Å². The predicted octanol–water partition coefficient (Wildman–Crippen LogP) is 0.0323. The van der Waals surface area contributed by atoms with E-state index in [-0.39, 0.29) is 5.56 Å². The molecule has 0 radical (unpaired) electrons. The Hall–Kier alpha value is -1.89. The van der Waals surface area contributed by atoms with Crippen LogP contribution in [0.1, 0.15) is 17.3 Å². The van der Waals surface area contributed by atoms with E-state index in [2.05, 4.69) is 0 Å². The molecule has 92 valence electrons. The standard InChI is InChI=1S/C10H11NO5S/c1-6(9(11)12)17(15,16)8-5-3-2-4-7(8)10(13)14/h2-6H,1H3,(H2,11,12)(H,13,14). The first kappa shape index (κ1) is 13.2. The fraction of sp³-hybridized carbons (Fsp3) is 0.200. The van der Waals surface area contributed by atoms with Crippen molar-refractivity contribution in [1.82, 2.24) is 0 Å². The molecule has 1 aromatic carbocycles. The Balaban J connectivity index is 3.44. The topological polar surface area (TPSA) is 115 Å². The summed E-state index contributed by atoms with van der Waals surface area (Å²) in [5.74, 6) is -2.40. The summed E-state index contributed by atoms with van der Waals surface area (Å²) in [5, 5.41) is 7.40. The molecule has 3 N–H and O–H groups in total. The van der Waals surface area contributed by atoms with Crippen LogP contribution in [-0.2, 0) is 14.6 Å². The van der Waals surface area contributed by atoms with Crippen LogP contribution in [-0.4, -0.2) is 30.7 Å². The first-order valence-electron chi connectivity index (χ1n) is 4.64. The molecule has 0 spiro atoms. The van der Waals surface area contributed by atoms with E-state index in [1.807, 2.05) is 0 Å². The van der Waals surface area contributed by atoms with Gasteiger partial charge in [-0.05, 0) is 19.1 Å². The number of carboxylic acids is 1. The van der Waals surface area contributed by atoms with Crippen molar-refractivity contribution in [1.29, 1.82) is 0 Å². The van der Waals surface area contributed by atoms with Crippen LogP contribution in [0.25, 0.3) is 0 Å². The minimum Gasteiger partial charge on any atom is -0.478 e. The van der Waals surface area contributed by atoms with Gasteiger partial charge < -0.3 is 10.8 Å². The van der Waals surface area contributed by atoms with Gasteiger partial charge in [0.25, 0.3) is 0 Å². The molecule has 0 fully saturated rings. The Morgan fingerprint density at radius 1 is 1.29 bits per heavy atom. The number of hydrogen-bond donors (Lipinski definition) is 2. The Morgan fingerprint density at radius 3 is 2.29 bits per heavy atom. The quantitative estimate of drug-likeness (QED) is 0.789. The third-order valence-electron chi connectivity index (χ3n) is 2.29. The highest BCUT2D eigenvalue weighted by Crippen LogP contribution is 2.20. The maximum atomic E-state index is 11.9. The second-order valence-corrected chi connectivity index (χ2v) is 5.63. The largest absolute Gasteiger partial charge is 0.478 e. The van der Waals surface area contributed by atoms with Crippen molar-refractivity contribution in [3.63, 3.8) is 0 Å². The molecule has 1 rings (SSSR count). The smallest absolute Gasteiger partial charge is 0.337 e. The van der Waals surface area contributed by atoms with Crippen LogP contribution in [0.3, 0.4) is 0 Å². The van der Waals surface area contributed by atoms with E-state index >= 15 is 0 Å². The molecule has 7 heteroatoms. The highest BCUT2D eigenvalue weighted by atomic mass is 32.2. The zero-order chi connectivity index (χ0) is 13.2. The summed E-state index contributed by atoms with van der Waals surface area (Å²) in [4.78, 5) is 21.4. The minimum atomic E-state index is -4.07. The van der Waals surface area contributed by atoms with Crippen LogP contribution in [0.4, 0.5) is 0 Å². The van der Waals surface area contributed by atoms with Crippen molar-refractivity contribution < 1.29 is 23.1 Å². The Labute approximate surface area is 98.0 Å². The van der Waals surface area contributed by atoms with Gasteiger partial charge in [-0.15, -0.1) is 0 Å². The molecule has 1 aromatic rings. The van der Waals surface area contributed by atoms with Crippen molar-refractivity contribution in [2.45, 2.75) is 17.1 Å². The van der Waals surface area contributed by atoms with Crippen LogP contribution in [0, 0.1) is 0 Å². The van der Waals surface area contributed by atoms with Crippen molar-refractivity contribution in [3.05, 3.63) is 29.8 Å². The zero-order valence-corrected chi connectivity index (χ0v) is 9.77. The highest BCUT2D eigenvalue weighted by molar-refractivity contribution is 7.92. The molecule has 0 aromatic heterocycles. The number of hydrogen-bond acceptors (Lipinski definition) is 4. The molecule has 0 aliphatic carbocycles. The number of amides is 1. The highest BCUT2D eigenvalue weighted by Gasteiger charge is 2.31. The fourth-order valence-electron chi connectivity index (χ4n) is 1.23. The molecule has 6 nitrogen and oxygen atoms in total. The van der Waals surface area contributed by atoms with Crippen LogP contribution >= 0.6 is 0 Å². The summed E-state index contributed by atoms with van der Waals surface area (Å²) in [6.45, 7) is 1.12. The molecule has 0 saturated heterocycles. The van der Waals surface area contributed by atoms with Crippen LogP contribution in [0.15, 0.2) is 29.2 Å². The minimum absolute atomic E-state index is 0.374. The SMILES string of the molecule is CC(C(N)=O)S(=O)(=O)c1ccccc1C(=O)O. The number of carbonyl (C=O) groups is 2. The van der Waals surface area contributed by atoms with E-state index in [1.165, 1.54) is 12.1 Å². The molecular formula is C10H11NO5S. The van der Waals surface area contributed by atoms with Gasteiger partial charge in [0.2, 0.25) is 5.91 Å². The Bertz CT molecular complexity index is 564. The number of aromatic carboxylic acids is 1. The fourth-order valence-corrected chi connectivity index (χ4v) is 2.65. The van der Waals surface area contributed by atoms with Gasteiger partial charge in [-0.2, -0.15) is 0 Å². The molecule has 0 bridgehead atoms. The molecule has 0 aliphatic rings. The normalized spacial score (nSPS) is 13.0. The Kier molecular flexibility index (Phi) is 3.52. The molecule has 0 saturated carbocycles. The van der Waals surface area contributed by atoms with Gasteiger partial charge in [0, 0.05) is 0 Å². The van der Waals surface area contributed by atoms with Gasteiger partial charge in [0.15, 0.2) is 9.84 Å².